The van der Waals surface area contributed by atoms with Gasteiger partial charge in [0.15, 0.2) is 0 Å². The molecule has 2 aromatic rings. The second kappa shape index (κ2) is 6.34. The summed E-state index contributed by atoms with van der Waals surface area (Å²) < 4.78 is 2.05. The fourth-order valence-corrected chi connectivity index (χ4v) is 4.18. The summed E-state index contributed by atoms with van der Waals surface area (Å²) in [6.45, 7) is 2.10. The van der Waals surface area contributed by atoms with Crippen LogP contribution in [0.15, 0.2) is 36.5 Å². The van der Waals surface area contributed by atoms with Gasteiger partial charge in [0.1, 0.15) is 6.54 Å². The molecule has 1 saturated heterocycles. The molecule has 4 nitrogen and oxygen atoms in total. The fraction of sp³-hybridized carbons (Fsp3) is 0.471. The molecule has 1 fully saturated rings. The number of thioether (sulfide) groups is 1. The van der Waals surface area contributed by atoms with Crippen molar-refractivity contribution in [3.05, 3.63) is 36.5 Å². The third-order valence-electron chi connectivity index (χ3n) is 4.54. The van der Waals surface area contributed by atoms with Gasteiger partial charge in [0.25, 0.3) is 0 Å². The van der Waals surface area contributed by atoms with Crippen molar-refractivity contribution in [3.8, 4) is 0 Å². The van der Waals surface area contributed by atoms with Crippen molar-refractivity contribution in [1.82, 2.24) is 14.4 Å². The topological polar surface area (TPSA) is 28.5 Å². The monoisotopic (exact) mass is 317 g/mol. The summed E-state index contributed by atoms with van der Waals surface area (Å²) in [5.41, 5.74) is 1.13. The minimum absolute atomic E-state index is 0.213. The molecular formula is C17H23N3OS. The quantitative estimate of drug-likeness (QED) is 0.865. The highest BCUT2D eigenvalue weighted by Gasteiger charge is 2.35. The number of nitrogens with zero attached hydrogens (tertiary/aromatic N) is 3. The first-order valence-electron chi connectivity index (χ1n) is 7.61. The van der Waals surface area contributed by atoms with E-state index >= 15 is 0 Å². The molecule has 5 heteroatoms. The lowest BCUT2D eigenvalue weighted by atomic mass is 10.2. The zero-order chi connectivity index (χ0) is 15.7. The molecule has 1 aliphatic rings. The Morgan fingerprint density at radius 2 is 2.05 bits per heavy atom. The van der Waals surface area contributed by atoms with E-state index in [0.29, 0.717) is 17.8 Å². The first kappa shape index (κ1) is 15.4. The average Bonchev–Trinajstić information content (AvgIpc) is 3.12. The first-order valence-corrected chi connectivity index (χ1v) is 8.90. The van der Waals surface area contributed by atoms with E-state index in [1.54, 1.807) is 0 Å². The van der Waals surface area contributed by atoms with Crippen LogP contribution in [0.3, 0.4) is 0 Å². The molecule has 0 aliphatic carbocycles. The summed E-state index contributed by atoms with van der Waals surface area (Å²) >= 11 is 1.86. The second-order valence-corrected chi connectivity index (χ2v) is 7.18. The summed E-state index contributed by atoms with van der Waals surface area (Å²) in [6, 6.07) is 10.7. The van der Waals surface area contributed by atoms with Gasteiger partial charge in [-0.05, 0) is 37.9 Å². The molecular weight excluding hydrogens is 294 g/mol. The maximum Gasteiger partial charge on any atom is 0.242 e. The minimum Gasteiger partial charge on any atom is -0.338 e. The molecule has 2 heterocycles. The van der Waals surface area contributed by atoms with E-state index in [0.717, 1.165) is 18.6 Å². The lowest BCUT2D eigenvalue weighted by Crippen LogP contribution is -2.37. The molecule has 1 aliphatic heterocycles. The zero-order valence-electron chi connectivity index (χ0n) is 13.4. The summed E-state index contributed by atoms with van der Waals surface area (Å²) in [7, 11) is 4.20. The Morgan fingerprint density at radius 1 is 1.27 bits per heavy atom. The second-order valence-electron chi connectivity index (χ2n) is 6.11. The number of fused-ring (bicyclic) bond motifs is 1. The number of amides is 1. The van der Waals surface area contributed by atoms with Crippen molar-refractivity contribution < 1.29 is 4.79 Å². The summed E-state index contributed by atoms with van der Waals surface area (Å²) in [5, 5.41) is 1.69. The molecule has 2 atom stereocenters. The van der Waals surface area contributed by atoms with Crippen molar-refractivity contribution in [3.63, 3.8) is 0 Å². The van der Waals surface area contributed by atoms with Crippen LogP contribution in [-0.4, -0.2) is 65.0 Å². The summed E-state index contributed by atoms with van der Waals surface area (Å²) in [4.78, 5) is 16.9. The van der Waals surface area contributed by atoms with Crippen LogP contribution in [0.25, 0.3) is 10.9 Å². The van der Waals surface area contributed by atoms with Crippen LogP contribution in [0.2, 0.25) is 0 Å². The van der Waals surface area contributed by atoms with Crippen LogP contribution in [0.4, 0.5) is 0 Å². The molecule has 0 N–H and O–H groups in total. The summed E-state index contributed by atoms with van der Waals surface area (Å²) in [6.07, 6.45) is 4.14. The predicted octanol–water partition coefficient (Wildman–Crippen LogP) is 2.15. The van der Waals surface area contributed by atoms with Crippen molar-refractivity contribution in [1.29, 1.82) is 0 Å². The normalized spacial score (nSPS) is 21.9. The molecule has 1 aromatic carbocycles. The van der Waals surface area contributed by atoms with Gasteiger partial charge in [-0.15, -0.1) is 0 Å². The van der Waals surface area contributed by atoms with Crippen molar-refractivity contribution in [2.75, 3.05) is 33.4 Å². The Morgan fingerprint density at radius 3 is 2.73 bits per heavy atom. The van der Waals surface area contributed by atoms with Crippen LogP contribution in [0, 0.1) is 0 Å². The highest BCUT2D eigenvalue weighted by Crippen LogP contribution is 2.24. The molecule has 0 saturated carbocycles. The molecule has 1 amide bonds. The minimum atomic E-state index is 0.213. The van der Waals surface area contributed by atoms with Gasteiger partial charge in [0, 0.05) is 36.1 Å². The lowest BCUT2D eigenvalue weighted by molar-refractivity contribution is -0.130. The number of rotatable bonds is 4. The number of carbonyl (C=O) groups excluding carboxylic acids is 1. The highest BCUT2D eigenvalue weighted by molar-refractivity contribution is 7.99. The number of carbonyl (C=O) groups is 1. The van der Waals surface area contributed by atoms with Gasteiger partial charge in [-0.2, -0.15) is 11.8 Å². The van der Waals surface area contributed by atoms with Gasteiger partial charge in [0.2, 0.25) is 5.91 Å². The van der Waals surface area contributed by atoms with Crippen molar-refractivity contribution >= 4 is 28.6 Å². The maximum atomic E-state index is 12.7. The van der Waals surface area contributed by atoms with E-state index in [9.17, 15) is 4.79 Å². The molecule has 22 heavy (non-hydrogen) atoms. The number of likely N-dealkylation sites (tertiary alicyclic amines) is 1. The predicted molar refractivity (Wildman–Crippen MR) is 93.3 cm³/mol. The van der Waals surface area contributed by atoms with Gasteiger partial charge < -0.3 is 14.4 Å². The molecule has 0 spiro atoms. The van der Waals surface area contributed by atoms with Crippen molar-refractivity contribution in [2.24, 2.45) is 0 Å². The number of likely N-dealkylation sites (N-methyl/N-ethyl adjacent to an activating group) is 1. The molecule has 3 rings (SSSR count). The van der Waals surface area contributed by atoms with Gasteiger partial charge in [0.05, 0.1) is 0 Å². The van der Waals surface area contributed by atoms with E-state index in [1.165, 1.54) is 5.39 Å². The maximum absolute atomic E-state index is 12.7. The van der Waals surface area contributed by atoms with Crippen LogP contribution >= 0.6 is 11.8 Å². The first-order chi connectivity index (χ1) is 10.6. The van der Waals surface area contributed by atoms with Gasteiger partial charge in [-0.1, -0.05) is 18.2 Å². The zero-order valence-corrected chi connectivity index (χ0v) is 14.2. The fourth-order valence-electron chi connectivity index (χ4n) is 3.21. The Bertz CT molecular complexity index is 667. The van der Waals surface area contributed by atoms with Crippen LogP contribution in [0.5, 0.6) is 0 Å². The summed E-state index contributed by atoms with van der Waals surface area (Å²) in [5.74, 6) is 0.213. The Kier molecular flexibility index (Phi) is 4.45. The molecule has 0 radical (unpaired) electrons. The van der Waals surface area contributed by atoms with E-state index in [1.807, 2.05) is 35.0 Å². The van der Waals surface area contributed by atoms with Gasteiger partial charge >= 0.3 is 0 Å². The number of para-hydroxylation sites is 1. The van der Waals surface area contributed by atoms with Crippen LogP contribution in [0.1, 0.15) is 0 Å². The number of hydrogen-bond donors (Lipinski definition) is 0. The Balaban J connectivity index is 1.72. The number of aromatic nitrogens is 1. The SMILES string of the molecule is CS[C@H]1CN(C(=O)Cn2ccc3ccccc32)C[C@H]1N(C)C. The van der Waals surface area contributed by atoms with Crippen molar-refractivity contribution in [2.45, 2.75) is 17.8 Å². The smallest absolute Gasteiger partial charge is 0.242 e. The van der Waals surface area contributed by atoms with Crippen LogP contribution < -0.4 is 0 Å². The highest BCUT2D eigenvalue weighted by atomic mass is 32.2. The Hall–Kier alpha value is -1.46. The van der Waals surface area contributed by atoms with E-state index < -0.39 is 0 Å². The molecule has 0 bridgehead atoms. The van der Waals surface area contributed by atoms with E-state index in [4.69, 9.17) is 0 Å². The largest absolute Gasteiger partial charge is 0.338 e. The van der Waals surface area contributed by atoms with Gasteiger partial charge in [-0.3, -0.25) is 4.79 Å². The van der Waals surface area contributed by atoms with Gasteiger partial charge in [-0.25, -0.2) is 0 Å². The van der Waals surface area contributed by atoms with E-state index in [-0.39, 0.29) is 5.91 Å². The number of hydrogen-bond acceptors (Lipinski definition) is 3. The van der Waals surface area contributed by atoms with E-state index in [2.05, 4.69) is 48.0 Å². The molecule has 1 aromatic heterocycles. The third-order valence-corrected chi connectivity index (χ3v) is 5.61. The third kappa shape index (κ3) is 2.88. The number of benzene rings is 1. The lowest BCUT2D eigenvalue weighted by Gasteiger charge is -2.23. The molecule has 118 valence electrons. The molecule has 0 unspecified atom stereocenters. The Labute approximate surface area is 136 Å². The average molecular weight is 317 g/mol. The van der Waals surface area contributed by atoms with Crippen LogP contribution in [-0.2, 0) is 11.3 Å². The standard InChI is InChI=1S/C17H23N3OS/c1-18(2)15-10-20(11-16(15)22-3)17(21)12-19-9-8-13-6-4-5-7-14(13)19/h4-9,15-16H,10-12H2,1-3H3/t15-,16+/m1/s1.